The van der Waals surface area contributed by atoms with E-state index in [2.05, 4.69) is 22.1 Å². The van der Waals surface area contributed by atoms with Crippen LogP contribution in [0.3, 0.4) is 0 Å². The van der Waals surface area contributed by atoms with Gasteiger partial charge >= 0.3 is 0 Å². The number of hydrogen-bond acceptors (Lipinski definition) is 5. The average molecular weight is 277 g/mol. The van der Waals surface area contributed by atoms with Crippen LogP contribution in [0.2, 0.25) is 0 Å². The molecule has 0 fully saturated rings. The Bertz CT molecular complexity index is 554. The fraction of sp³-hybridized carbons (Fsp3) is 0.286. The van der Waals surface area contributed by atoms with E-state index in [1.165, 1.54) is 5.56 Å². The zero-order valence-electron chi connectivity index (χ0n) is 10.6. The number of ether oxygens (including phenoxy) is 3. The van der Waals surface area contributed by atoms with E-state index in [1.54, 1.807) is 18.4 Å². The Labute approximate surface area is 115 Å². The predicted molar refractivity (Wildman–Crippen MR) is 74.0 cm³/mol. The summed E-state index contributed by atoms with van der Waals surface area (Å²) in [7, 11) is 1.64. The van der Waals surface area contributed by atoms with Gasteiger partial charge in [0.2, 0.25) is 12.5 Å². The molecule has 1 aromatic heterocycles. The minimum atomic E-state index is 0.261. The number of nitrogens with one attached hydrogen (secondary N) is 1. The van der Waals surface area contributed by atoms with E-state index in [9.17, 15) is 0 Å². The molecular weight excluding hydrogens is 262 g/mol. The first-order valence-corrected chi connectivity index (χ1v) is 6.99. The van der Waals surface area contributed by atoms with Crippen molar-refractivity contribution in [2.45, 2.75) is 13.1 Å². The lowest BCUT2D eigenvalue weighted by atomic mass is 10.2. The molecule has 0 unspecified atom stereocenters. The molecule has 0 bridgehead atoms. The lowest BCUT2D eigenvalue weighted by Crippen LogP contribution is -2.12. The van der Waals surface area contributed by atoms with Gasteiger partial charge in [0.25, 0.3) is 0 Å². The van der Waals surface area contributed by atoms with Gasteiger partial charge in [0.15, 0.2) is 11.5 Å². The zero-order valence-corrected chi connectivity index (χ0v) is 11.5. The van der Waals surface area contributed by atoms with Crippen LogP contribution in [-0.4, -0.2) is 13.9 Å². The van der Waals surface area contributed by atoms with Crippen LogP contribution in [0.15, 0.2) is 29.0 Å². The highest BCUT2D eigenvalue weighted by molar-refractivity contribution is 7.07. The molecule has 3 rings (SSSR count). The maximum atomic E-state index is 5.41. The molecule has 100 valence electrons. The van der Waals surface area contributed by atoms with E-state index in [0.717, 1.165) is 30.2 Å². The van der Waals surface area contributed by atoms with Crippen LogP contribution in [-0.2, 0) is 13.1 Å². The van der Waals surface area contributed by atoms with Gasteiger partial charge in [-0.15, -0.1) is 0 Å². The van der Waals surface area contributed by atoms with Crippen LogP contribution in [0, 0.1) is 0 Å². The Morgan fingerprint density at radius 1 is 1.26 bits per heavy atom. The van der Waals surface area contributed by atoms with E-state index in [0.29, 0.717) is 5.75 Å². The largest absolute Gasteiger partial charge is 0.493 e. The standard InChI is InChI=1S/C14H15NO3S/c1-16-12-4-11(5-13-14(12)18-9-17-13)7-15-6-10-2-3-19-8-10/h2-5,8,15H,6-7,9H2,1H3. The highest BCUT2D eigenvalue weighted by atomic mass is 32.1. The molecule has 0 saturated carbocycles. The normalized spacial score (nSPS) is 12.7. The van der Waals surface area contributed by atoms with Gasteiger partial charge in [0.05, 0.1) is 7.11 Å². The molecule has 1 N–H and O–H groups in total. The van der Waals surface area contributed by atoms with Crippen molar-refractivity contribution in [2.24, 2.45) is 0 Å². The first-order chi connectivity index (χ1) is 9.36. The number of hydrogen-bond donors (Lipinski definition) is 1. The Balaban J connectivity index is 1.68. The van der Waals surface area contributed by atoms with Crippen molar-refractivity contribution in [3.63, 3.8) is 0 Å². The number of thiophene rings is 1. The Kier molecular flexibility index (Phi) is 3.57. The molecule has 5 heteroatoms. The molecule has 2 aromatic rings. The smallest absolute Gasteiger partial charge is 0.231 e. The lowest BCUT2D eigenvalue weighted by Gasteiger charge is -2.09. The monoisotopic (exact) mass is 277 g/mol. The zero-order chi connectivity index (χ0) is 13.1. The molecule has 19 heavy (non-hydrogen) atoms. The van der Waals surface area contributed by atoms with E-state index in [1.807, 2.05) is 12.1 Å². The summed E-state index contributed by atoms with van der Waals surface area (Å²) in [5, 5.41) is 7.63. The summed E-state index contributed by atoms with van der Waals surface area (Å²) < 4.78 is 16.1. The third kappa shape index (κ3) is 2.67. The lowest BCUT2D eigenvalue weighted by molar-refractivity contribution is 0.171. The van der Waals surface area contributed by atoms with Crippen molar-refractivity contribution >= 4 is 11.3 Å². The molecule has 0 radical (unpaired) electrons. The number of methoxy groups -OCH3 is 1. The van der Waals surface area contributed by atoms with Crippen LogP contribution in [0.4, 0.5) is 0 Å². The molecular formula is C14H15NO3S. The van der Waals surface area contributed by atoms with E-state index < -0.39 is 0 Å². The second-order valence-corrected chi connectivity index (χ2v) is 5.05. The summed E-state index contributed by atoms with van der Waals surface area (Å²) in [5.74, 6) is 2.18. The fourth-order valence-corrected chi connectivity index (χ4v) is 2.70. The van der Waals surface area contributed by atoms with Gasteiger partial charge < -0.3 is 19.5 Å². The van der Waals surface area contributed by atoms with E-state index >= 15 is 0 Å². The summed E-state index contributed by atoms with van der Waals surface area (Å²) >= 11 is 1.71. The maximum absolute atomic E-state index is 5.41. The van der Waals surface area contributed by atoms with Gasteiger partial charge in [0.1, 0.15) is 0 Å². The van der Waals surface area contributed by atoms with E-state index in [4.69, 9.17) is 14.2 Å². The molecule has 0 saturated heterocycles. The SMILES string of the molecule is COc1cc(CNCc2ccsc2)cc2c1OCO2. The summed E-state index contributed by atoms with van der Waals surface area (Å²) in [6, 6.07) is 6.09. The molecule has 2 heterocycles. The first-order valence-electron chi connectivity index (χ1n) is 6.05. The highest BCUT2D eigenvalue weighted by Crippen LogP contribution is 2.41. The van der Waals surface area contributed by atoms with Crippen molar-refractivity contribution in [3.8, 4) is 17.2 Å². The molecule has 0 spiro atoms. The third-order valence-corrected chi connectivity index (χ3v) is 3.69. The van der Waals surface area contributed by atoms with Gasteiger partial charge in [-0.25, -0.2) is 0 Å². The van der Waals surface area contributed by atoms with Crippen LogP contribution in [0.5, 0.6) is 17.2 Å². The summed E-state index contributed by atoms with van der Waals surface area (Å²) in [5.41, 5.74) is 2.43. The molecule has 1 aromatic carbocycles. The third-order valence-electron chi connectivity index (χ3n) is 2.96. The maximum Gasteiger partial charge on any atom is 0.231 e. The van der Waals surface area contributed by atoms with Crippen LogP contribution in [0.25, 0.3) is 0 Å². The molecule has 0 atom stereocenters. The first kappa shape index (κ1) is 12.3. The predicted octanol–water partition coefficient (Wildman–Crippen LogP) is 2.78. The number of benzene rings is 1. The minimum Gasteiger partial charge on any atom is -0.493 e. The van der Waals surface area contributed by atoms with Crippen LogP contribution < -0.4 is 19.5 Å². The highest BCUT2D eigenvalue weighted by Gasteiger charge is 2.19. The van der Waals surface area contributed by atoms with Gasteiger partial charge in [0, 0.05) is 13.1 Å². The average Bonchev–Trinajstić information content (AvgIpc) is 3.08. The molecule has 4 nitrogen and oxygen atoms in total. The Hall–Kier alpha value is -1.72. The molecule has 1 aliphatic rings. The molecule has 0 amide bonds. The second-order valence-electron chi connectivity index (χ2n) is 4.27. The van der Waals surface area contributed by atoms with Crippen LogP contribution in [0.1, 0.15) is 11.1 Å². The van der Waals surface area contributed by atoms with Crippen LogP contribution >= 0.6 is 11.3 Å². The summed E-state index contributed by atoms with van der Waals surface area (Å²) in [4.78, 5) is 0. The van der Waals surface area contributed by atoms with Crippen molar-refractivity contribution in [3.05, 3.63) is 40.1 Å². The van der Waals surface area contributed by atoms with Gasteiger partial charge in [-0.05, 0) is 40.1 Å². The summed E-state index contributed by atoms with van der Waals surface area (Å²) in [6.07, 6.45) is 0. The number of rotatable bonds is 5. The van der Waals surface area contributed by atoms with E-state index in [-0.39, 0.29) is 6.79 Å². The Morgan fingerprint density at radius 3 is 2.95 bits per heavy atom. The van der Waals surface area contributed by atoms with Gasteiger partial charge in [-0.3, -0.25) is 0 Å². The fourth-order valence-electron chi connectivity index (χ4n) is 2.03. The second kappa shape index (κ2) is 5.50. The van der Waals surface area contributed by atoms with Crippen molar-refractivity contribution in [2.75, 3.05) is 13.9 Å². The van der Waals surface area contributed by atoms with Crippen molar-refractivity contribution < 1.29 is 14.2 Å². The molecule has 0 aliphatic carbocycles. The van der Waals surface area contributed by atoms with Gasteiger partial charge in [-0.2, -0.15) is 11.3 Å². The Morgan fingerprint density at radius 2 is 2.16 bits per heavy atom. The molecule has 1 aliphatic heterocycles. The topological polar surface area (TPSA) is 39.7 Å². The quantitative estimate of drug-likeness (QED) is 0.912. The summed E-state index contributed by atoms with van der Waals surface area (Å²) in [6.45, 7) is 1.89. The van der Waals surface area contributed by atoms with Gasteiger partial charge in [-0.1, -0.05) is 0 Å². The van der Waals surface area contributed by atoms with Crippen molar-refractivity contribution in [1.82, 2.24) is 5.32 Å². The van der Waals surface area contributed by atoms with Crippen molar-refractivity contribution in [1.29, 1.82) is 0 Å². The number of fused-ring (bicyclic) bond motifs is 1. The minimum absolute atomic E-state index is 0.261.